The van der Waals surface area contributed by atoms with Crippen molar-refractivity contribution in [1.82, 2.24) is 20.1 Å². The summed E-state index contributed by atoms with van der Waals surface area (Å²) in [5.74, 6) is 0.840. The predicted molar refractivity (Wildman–Crippen MR) is 159 cm³/mol. The number of anilines is 1. The summed E-state index contributed by atoms with van der Waals surface area (Å²) in [6, 6.07) is 19.6. The van der Waals surface area contributed by atoms with Gasteiger partial charge in [-0.15, -0.1) is 18.3 Å². The highest BCUT2D eigenvalue weighted by atomic mass is 32.2. The molecule has 218 valence electrons. The van der Waals surface area contributed by atoms with E-state index in [-0.39, 0.29) is 11.3 Å². The highest BCUT2D eigenvalue weighted by molar-refractivity contribution is 8.14. The molecule has 1 aliphatic heterocycles. The maximum absolute atomic E-state index is 12.7. The molecule has 3 aromatic carbocycles. The third kappa shape index (κ3) is 7.04. The second kappa shape index (κ2) is 12.4. The number of amides is 2. The number of aryl methyl sites for hydroxylation is 2. The summed E-state index contributed by atoms with van der Waals surface area (Å²) in [5.41, 5.74) is 5.17. The summed E-state index contributed by atoms with van der Waals surface area (Å²) < 4.78 is 42.5. The lowest BCUT2D eigenvalue weighted by molar-refractivity contribution is -0.274. The van der Waals surface area contributed by atoms with E-state index in [9.17, 15) is 23.2 Å². The molecule has 0 unspecified atom stereocenters. The van der Waals surface area contributed by atoms with Crippen LogP contribution in [-0.4, -0.2) is 44.6 Å². The molecule has 1 saturated heterocycles. The average Bonchev–Trinajstić information content (AvgIpc) is 3.64. The standard InChI is InChI=1S/C30H24F3N7O2S/c1-19-4-3-5-20(2)26(19)39-14-15-43-29(39)37-28(41)35-17-23(16-34)21-6-8-22(9-7-21)27-36-18-40(38-27)24-10-12-25(13-11-24)42-30(31,32)33/h3-13,17-18H,14-15H2,1-2H3,(H,35,41)/b23-17+,37-29-. The van der Waals surface area contributed by atoms with Crippen molar-refractivity contribution in [2.75, 3.05) is 17.2 Å². The third-order valence-corrected chi connectivity index (χ3v) is 7.38. The molecular formula is C30H24F3N7O2S. The van der Waals surface area contributed by atoms with Crippen LogP contribution in [0.3, 0.4) is 0 Å². The first kappa shape index (κ1) is 29.4. The van der Waals surface area contributed by atoms with E-state index in [2.05, 4.69) is 31.2 Å². The number of aliphatic imine (C=N–C) groups is 1. The van der Waals surface area contributed by atoms with Crippen LogP contribution in [0, 0.1) is 25.2 Å². The second-order valence-electron chi connectivity index (χ2n) is 9.39. The van der Waals surface area contributed by atoms with Gasteiger partial charge in [0.05, 0.1) is 11.3 Å². The van der Waals surface area contributed by atoms with E-state index < -0.39 is 12.4 Å². The summed E-state index contributed by atoms with van der Waals surface area (Å²) >= 11 is 1.50. The molecule has 9 nitrogen and oxygen atoms in total. The van der Waals surface area contributed by atoms with Gasteiger partial charge in [-0.2, -0.15) is 10.3 Å². The number of nitriles is 1. The number of rotatable bonds is 6. The number of hydrogen-bond acceptors (Lipinski definition) is 6. The number of ether oxygens (including phenoxy) is 1. The Labute approximate surface area is 249 Å². The van der Waals surface area contributed by atoms with E-state index in [4.69, 9.17) is 0 Å². The smallest absolute Gasteiger partial charge is 0.406 e. The molecule has 43 heavy (non-hydrogen) atoms. The normalized spacial score (nSPS) is 14.6. The zero-order chi connectivity index (χ0) is 30.6. The summed E-state index contributed by atoms with van der Waals surface area (Å²) in [6.07, 6.45) is -2.01. The summed E-state index contributed by atoms with van der Waals surface area (Å²) in [6.45, 7) is 4.79. The molecule has 1 aliphatic rings. The minimum absolute atomic E-state index is 0.227. The molecule has 2 amide bonds. The fourth-order valence-corrected chi connectivity index (χ4v) is 5.43. The van der Waals surface area contributed by atoms with Crippen molar-refractivity contribution in [1.29, 1.82) is 5.26 Å². The number of thioether (sulfide) groups is 1. The largest absolute Gasteiger partial charge is 0.573 e. The SMILES string of the molecule is Cc1cccc(C)c1N1CCS/C1=N\C(=O)N/C=C(\C#N)c1ccc(-c2ncn(-c3ccc(OC(F)(F)F)cc3)n2)cc1. The molecule has 0 bridgehead atoms. The molecule has 0 atom stereocenters. The second-order valence-corrected chi connectivity index (χ2v) is 10.4. The number of nitrogens with zero attached hydrogens (tertiary/aromatic N) is 6. The van der Waals surface area contributed by atoms with Gasteiger partial charge in [0.1, 0.15) is 18.1 Å². The minimum atomic E-state index is -4.77. The number of aromatic nitrogens is 3. The number of benzene rings is 3. The van der Waals surface area contributed by atoms with Crippen LogP contribution in [-0.2, 0) is 0 Å². The maximum Gasteiger partial charge on any atom is 0.573 e. The Morgan fingerprint density at radius 3 is 2.44 bits per heavy atom. The van der Waals surface area contributed by atoms with Crippen molar-refractivity contribution in [3.8, 4) is 28.9 Å². The fraction of sp³-hybridized carbons (Fsp3) is 0.167. The van der Waals surface area contributed by atoms with Crippen LogP contribution in [0.2, 0.25) is 0 Å². The van der Waals surface area contributed by atoms with Crippen LogP contribution in [0.5, 0.6) is 5.75 Å². The van der Waals surface area contributed by atoms with Gasteiger partial charge in [-0.1, -0.05) is 54.2 Å². The molecule has 5 rings (SSSR count). The number of nitrogens with one attached hydrogen (secondary N) is 1. The Morgan fingerprint density at radius 1 is 1.09 bits per heavy atom. The number of alkyl halides is 3. The van der Waals surface area contributed by atoms with Crippen LogP contribution in [0.4, 0.5) is 23.7 Å². The van der Waals surface area contributed by atoms with Crippen LogP contribution in [0.1, 0.15) is 16.7 Å². The predicted octanol–water partition coefficient (Wildman–Crippen LogP) is 6.63. The fourth-order valence-electron chi connectivity index (χ4n) is 4.49. The van der Waals surface area contributed by atoms with Gasteiger partial charge >= 0.3 is 12.4 Å². The first-order valence-electron chi connectivity index (χ1n) is 13.0. The lowest BCUT2D eigenvalue weighted by Crippen LogP contribution is -2.27. The molecule has 0 spiro atoms. The summed E-state index contributed by atoms with van der Waals surface area (Å²) in [4.78, 5) is 23.2. The van der Waals surface area contributed by atoms with Gasteiger partial charge in [-0.3, -0.25) is 0 Å². The average molecular weight is 604 g/mol. The van der Waals surface area contributed by atoms with Gasteiger partial charge in [0.15, 0.2) is 11.0 Å². The van der Waals surface area contributed by atoms with Crippen molar-refractivity contribution in [2.24, 2.45) is 4.99 Å². The number of urea groups is 1. The van der Waals surface area contributed by atoms with E-state index >= 15 is 0 Å². The molecule has 0 aliphatic carbocycles. The topological polar surface area (TPSA) is 108 Å². The van der Waals surface area contributed by atoms with E-state index in [1.165, 1.54) is 53.2 Å². The number of hydrogen-bond donors (Lipinski definition) is 1. The Balaban J connectivity index is 1.25. The first-order chi connectivity index (χ1) is 20.6. The van der Waals surface area contributed by atoms with Crippen LogP contribution < -0.4 is 15.0 Å². The number of para-hydroxylation sites is 1. The maximum atomic E-state index is 12.7. The lowest BCUT2D eigenvalue weighted by atomic mass is 10.1. The number of carbonyl (C=O) groups excluding carboxylic acids is 1. The minimum Gasteiger partial charge on any atom is -0.406 e. The monoisotopic (exact) mass is 603 g/mol. The van der Waals surface area contributed by atoms with Crippen LogP contribution >= 0.6 is 11.8 Å². The number of carbonyl (C=O) groups is 1. The number of allylic oxidation sites excluding steroid dienone is 1. The molecule has 1 aromatic heterocycles. The number of amidine groups is 1. The molecule has 4 aromatic rings. The zero-order valence-electron chi connectivity index (χ0n) is 23.0. The molecule has 1 fully saturated rings. The first-order valence-corrected chi connectivity index (χ1v) is 13.9. The molecule has 1 N–H and O–H groups in total. The van der Waals surface area contributed by atoms with Crippen molar-refractivity contribution < 1.29 is 22.7 Å². The van der Waals surface area contributed by atoms with Crippen molar-refractivity contribution in [3.05, 3.63) is 95.9 Å². The Kier molecular flexibility index (Phi) is 8.49. The van der Waals surface area contributed by atoms with Gasteiger partial charge in [0.2, 0.25) is 0 Å². The van der Waals surface area contributed by atoms with Crippen molar-refractivity contribution in [2.45, 2.75) is 20.2 Å². The zero-order valence-corrected chi connectivity index (χ0v) is 23.8. The van der Waals surface area contributed by atoms with E-state index in [1.54, 1.807) is 24.3 Å². The van der Waals surface area contributed by atoms with Crippen molar-refractivity contribution >= 4 is 34.2 Å². The van der Waals surface area contributed by atoms with Gasteiger partial charge in [0.25, 0.3) is 0 Å². The van der Waals surface area contributed by atoms with Gasteiger partial charge in [0, 0.05) is 29.7 Å². The van der Waals surface area contributed by atoms with E-state index in [0.29, 0.717) is 27.8 Å². The summed E-state index contributed by atoms with van der Waals surface area (Å²) in [5, 5.41) is 17.3. The van der Waals surface area contributed by atoms with Crippen LogP contribution in [0.25, 0.3) is 22.6 Å². The highest BCUT2D eigenvalue weighted by Gasteiger charge is 2.31. The van der Waals surface area contributed by atoms with E-state index in [0.717, 1.165) is 29.1 Å². The number of halogens is 3. The Bertz CT molecular complexity index is 1720. The lowest BCUT2D eigenvalue weighted by Gasteiger charge is -2.22. The van der Waals surface area contributed by atoms with E-state index in [1.807, 2.05) is 36.9 Å². The molecular weight excluding hydrogens is 579 g/mol. The molecule has 0 saturated carbocycles. The third-order valence-electron chi connectivity index (χ3n) is 6.42. The molecule has 13 heteroatoms. The highest BCUT2D eigenvalue weighted by Crippen LogP contribution is 2.31. The Morgan fingerprint density at radius 2 is 1.79 bits per heavy atom. The summed E-state index contributed by atoms with van der Waals surface area (Å²) in [7, 11) is 0. The molecule has 0 radical (unpaired) electrons. The van der Waals surface area contributed by atoms with Gasteiger partial charge < -0.3 is 15.0 Å². The Hall–Kier alpha value is -5.09. The van der Waals surface area contributed by atoms with Crippen LogP contribution in [0.15, 0.2) is 84.2 Å². The van der Waals surface area contributed by atoms with Gasteiger partial charge in [-0.25, -0.2) is 14.5 Å². The quantitative estimate of drug-likeness (QED) is 0.246. The molecule has 2 heterocycles. The van der Waals surface area contributed by atoms with Crippen molar-refractivity contribution in [3.63, 3.8) is 0 Å². The van der Waals surface area contributed by atoms with Gasteiger partial charge in [-0.05, 0) is 54.8 Å².